The Morgan fingerprint density at radius 3 is 2.59 bits per heavy atom. The van der Waals surface area contributed by atoms with E-state index in [0.29, 0.717) is 26.1 Å². The highest BCUT2D eigenvalue weighted by molar-refractivity contribution is 5.65. The van der Waals surface area contributed by atoms with Crippen LogP contribution < -0.4 is 10.6 Å². The van der Waals surface area contributed by atoms with Gasteiger partial charge in [0.1, 0.15) is 0 Å². The molecule has 1 aliphatic carbocycles. The number of alkyl halides is 3. The van der Waals surface area contributed by atoms with Gasteiger partial charge in [-0.05, 0) is 24.6 Å². The predicted molar refractivity (Wildman–Crippen MR) is 87.0 cm³/mol. The first-order valence-electron chi connectivity index (χ1n) is 8.38. The molecule has 7 nitrogen and oxygen atoms in total. The monoisotopic (exact) mass is 385 g/mol. The number of hydrogen-bond acceptors (Lipinski definition) is 5. The fourth-order valence-electron chi connectivity index (χ4n) is 3.58. The number of benzene rings is 1. The smallest absolute Gasteiger partial charge is 0.417 e. The van der Waals surface area contributed by atoms with Crippen LogP contribution in [-0.4, -0.2) is 42.3 Å². The zero-order valence-corrected chi connectivity index (χ0v) is 14.2. The summed E-state index contributed by atoms with van der Waals surface area (Å²) in [5.74, 6) is -0.854. The number of rotatable bonds is 3. The third kappa shape index (κ3) is 4.26. The molecule has 2 atom stereocenters. The summed E-state index contributed by atoms with van der Waals surface area (Å²) in [4.78, 5) is 11.1. The maximum atomic E-state index is 13.1. The molecule has 2 unspecified atom stereocenters. The van der Waals surface area contributed by atoms with E-state index in [-0.39, 0.29) is 12.1 Å². The Labute approximate surface area is 153 Å². The standard InChI is InChI=1S/C17H18F3N3O4/c18-17(19,20)12-7-11(2-1-10(12)9-21)22-13-3-4-16(26-5-6-27-16)8-14(13)23-15(24)25/h1-2,7,13-14,22-23H,3-6,8H2,(H,24,25). The second-order valence-corrected chi connectivity index (χ2v) is 6.53. The summed E-state index contributed by atoms with van der Waals surface area (Å²) in [6.45, 7) is 0.838. The van der Waals surface area contributed by atoms with E-state index in [9.17, 15) is 18.0 Å². The van der Waals surface area contributed by atoms with Crippen molar-refractivity contribution >= 4 is 11.8 Å². The molecule has 3 rings (SSSR count). The molecule has 1 aromatic carbocycles. The number of carboxylic acid groups (broad SMARTS) is 1. The fourth-order valence-corrected chi connectivity index (χ4v) is 3.58. The van der Waals surface area contributed by atoms with Crippen molar-refractivity contribution in [2.45, 2.75) is 43.3 Å². The van der Waals surface area contributed by atoms with Gasteiger partial charge in [0.15, 0.2) is 5.79 Å². The molecule has 1 aromatic rings. The second-order valence-electron chi connectivity index (χ2n) is 6.53. The maximum Gasteiger partial charge on any atom is 0.417 e. The second kappa shape index (κ2) is 7.25. The van der Waals surface area contributed by atoms with Crippen LogP contribution in [0.1, 0.15) is 30.4 Å². The number of hydrogen-bond donors (Lipinski definition) is 3. The van der Waals surface area contributed by atoms with Crippen molar-refractivity contribution in [3.8, 4) is 6.07 Å². The summed E-state index contributed by atoms with van der Waals surface area (Å²) < 4.78 is 50.7. The van der Waals surface area contributed by atoms with Crippen LogP contribution in [0, 0.1) is 11.3 Å². The number of nitrogens with one attached hydrogen (secondary N) is 2. The number of nitrogens with zero attached hydrogens (tertiary/aromatic N) is 1. The lowest BCUT2D eigenvalue weighted by atomic mass is 9.85. The molecule has 1 heterocycles. The normalized spacial score (nSPS) is 24.4. The molecule has 1 saturated heterocycles. The van der Waals surface area contributed by atoms with Gasteiger partial charge in [0.25, 0.3) is 0 Å². The van der Waals surface area contributed by atoms with Gasteiger partial charge in [-0.25, -0.2) is 4.79 Å². The van der Waals surface area contributed by atoms with Crippen molar-refractivity contribution < 1.29 is 32.5 Å². The Morgan fingerprint density at radius 1 is 1.30 bits per heavy atom. The Morgan fingerprint density at radius 2 is 2.00 bits per heavy atom. The molecular formula is C17H18F3N3O4. The number of nitriles is 1. The molecular weight excluding hydrogens is 367 g/mol. The summed E-state index contributed by atoms with van der Waals surface area (Å²) in [6.07, 6.45) is -4.72. The average Bonchev–Trinajstić information content (AvgIpc) is 3.04. The van der Waals surface area contributed by atoms with Gasteiger partial charge < -0.3 is 25.2 Å². The first kappa shape index (κ1) is 19.3. The Balaban J connectivity index is 1.81. The highest BCUT2D eigenvalue weighted by Gasteiger charge is 2.46. The molecule has 0 bridgehead atoms. The highest BCUT2D eigenvalue weighted by Crippen LogP contribution is 2.38. The van der Waals surface area contributed by atoms with Crippen LogP contribution >= 0.6 is 0 Å². The van der Waals surface area contributed by atoms with E-state index in [1.54, 1.807) is 0 Å². The maximum absolute atomic E-state index is 13.1. The first-order chi connectivity index (χ1) is 12.7. The molecule has 27 heavy (non-hydrogen) atoms. The van der Waals surface area contributed by atoms with Crippen molar-refractivity contribution in [1.29, 1.82) is 5.26 Å². The molecule has 10 heteroatoms. The topological polar surface area (TPSA) is 104 Å². The van der Waals surface area contributed by atoms with Gasteiger partial charge in [-0.1, -0.05) is 0 Å². The van der Waals surface area contributed by atoms with Crippen LogP contribution in [0.2, 0.25) is 0 Å². The third-order valence-corrected chi connectivity index (χ3v) is 4.77. The minimum Gasteiger partial charge on any atom is -0.465 e. The molecule has 0 aromatic heterocycles. The summed E-state index contributed by atoms with van der Waals surface area (Å²) in [6, 6.07) is 3.80. The van der Waals surface area contributed by atoms with Crippen LogP contribution in [0.25, 0.3) is 0 Å². The molecule has 1 saturated carbocycles. The Hall–Kier alpha value is -2.51. The molecule has 2 fully saturated rings. The zero-order chi connectivity index (χ0) is 19.7. The van der Waals surface area contributed by atoms with Crippen LogP contribution in [0.5, 0.6) is 0 Å². The zero-order valence-electron chi connectivity index (χ0n) is 14.2. The first-order valence-corrected chi connectivity index (χ1v) is 8.38. The lowest BCUT2D eigenvalue weighted by Gasteiger charge is -2.41. The van der Waals surface area contributed by atoms with E-state index in [1.165, 1.54) is 12.1 Å². The minimum atomic E-state index is -4.66. The minimum absolute atomic E-state index is 0.160. The van der Waals surface area contributed by atoms with E-state index in [0.717, 1.165) is 12.1 Å². The van der Waals surface area contributed by atoms with Crippen LogP contribution in [0.15, 0.2) is 18.2 Å². The number of ether oxygens (including phenoxy) is 2. The molecule has 1 spiro atoms. The summed E-state index contributed by atoms with van der Waals surface area (Å²) in [7, 11) is 0. The highest BCUT2D eigenvalue weighted by atomic mass is 19.4. The van der Waals surface area contributed by atoms with Gasteiger partial charge in [0.05, 0.1) is 36.5 Å². The van der Waals surface area contributed by atoms with Gasteiger partial charge in [0, 0.05) is 24.6 Å². The van der Waals surface area contributed by atoms with E-state index in [4.69, 9.17) is 19.8 Å². The van der Waals surface area contributed by atoms with Crippen molar-refractivity contribution in [2.24, 2.45) is 0 Å². The number of amides is 1. The van der Waals surface area contributed by atoms with Crippen LogP contribution in [0.4, 0.5) is 23.7 Å². The molecule has 146 valence electrons. The van der Waals surface area contributed by atoms with E-state index >= 15 is 0 Å². The number of anilines is 1. The van der Waals surface area contributed by atoms with Gasteiger partial charge in [-0.3, -0.25) is 0 Å². The largest absolute Gasteiger partial charge is 0.465 e. The van der Waals surface area contributed by atoms with Gasteiger partial charge >= 0.3 is 12.3 Å². The van der Waals surface area contributed by atoms with E-state index < -0.39 is 41.3 Å². The Kier molecular flexibility index (Phi) is 5.17. The SMILES string of the molecule is N#Cc1ccc(NC2CCC3(CC2NC(=O)O)OCCO3)cc1C(F)(F)F. The molecule has 3 N–H and O–H groups in total. The van der Waals surface area contributed by atoms with Crippen molar-refractivity contribution in [1.82, 2.24) is 5.32 Å². The summed E-state index contributed by atoms with van der Waals surface area (Å²) >= 11 is 0. The molecule has 2 aliphatic rings. The Bertz CT molecular complexity index is 757. The number of halogens is 3. The fraction of sp³-hybridized carbons (Fsp3) is 0.529. The lowest BCUT2D eigenvalue weighted by Crippen LogP contribution is -2.55. The van der Waals surface area contributed by atoms with Crippen molar-refractivity contribution in [3.05, 3.63) is 29.3 Å². The summed E-state index contributed by atoms with van der Waals surface area (Å²) in [5.41, 5.74) is -1.34. The molecule has 0 radical (unpaired) electrons. The molecule has 1 amide bonds. The van der Waals surface area contributed by atoms with Crippen molar-refractivity contribution in [2.75, 3.05) is 18.5 Å². The van der Waals surface area contributed by atoms with Crippen LogP contribution in [-0.2, 0) is 15.7 Å². The van der Waals surface area contributed by atoms with Crippen LogP contribution in [0.3, 0.4) is 0 Å². The lowest BCUT2D eigenvalue weighted by molar-refractivity contribution is -0.182. The van der Waals surface area contributed by atoms with E-state index in [2.05, 4.69) is 10.6 Å². The quantitative estimate of drug-likeness (QED) is 0.739. The number of carbonyl (C=O) groups is 1. The van der Waals surface area contributed by atoms with E-state index in [1.807, 2.05) is 0 Å². The van der Waals surface area contributed by atoms with Crippen molar-refractivity contribution in [3.63, 3.8) is 0 Å². The predicted octanol–water partition coefficient (Wildman–Crippen LogP) is 2.92. The third-order valence-electron chi connectivity index (χ3n) is 4.77. The average molecular weight is 385 g/mol. The van der Waals surface area contributed by atoms with Gasteiger partial charge in [-0.2, -0.15) is 18.4 Å². The molecule has 1 aliphatic heterocycles. The van der Waals surface area contributed by atoms with Gasteiger partial charge in [0.2, 0.25) is 0 Å². The van der Waals surface area contributed by atoms with Gasteiger partial charge in [-0.15, -0.1) is 0 Å². The summed E-state index contributed by atoms with van der Waals surface area (Å²) in [5, 5.41) is 23.3.